The average Bonchev–Trinajstić information content (AvgIpc) is 2.68. The van der Waals surface area contributed by atoms with Crippen molar-refractivity contribution in [1.29, 1.82) is 0 Å². The zero-order valence-electron chi connectivity index (χ0n) is 15.9. The lowest BCUT2D eigenvalue weighted by atomic mass is 9.93. The molecule has 0 aromatic carbocycles. The number of piperidine rings is 1. The van der Waals surface area contributed by atoms with Crippen LogP contribution in [0.15, 0.2) is 12.3 Å². The molecule has 2 saturated heterocycles. The van der Waals surface area contributed by atoms with Crippen LogP contribution in [0, 0.1) is 5.92 Å². The predicted octanol–water partition coefficient (Wildman–Crippen LogP) is 1.60. The van der Waals surface area contributed by atoms with Crippen LogP contribution >= 0.6 is 11.6 Å². The highest BCUT2D eigenvalue weighted by atomic mass is 35.5. The van der Waals surface area contributed by atoms with Gasteiger partial charge in [-0.05, 0) is 31.4 Å². The van der Waals surface area contributed by atoms with Crippen molar-refractivity contribution in [2.75, 3.05) is 50.7 Å². The fourth-order valence-corrected chi connectivity index (χ4v) is 4.12. The monoisotopic (exact) mass is 393 g/mol. The highest BCUT2D eigenvalue weighted by Gasteiger charge is 2.27. The zero-order valence-corrected chi connectivity index (χ0v) is 16.6. The van der Waals surface area contributed by atoms with Gasteiger partial charge in [0.2, 0.25) is 11.8 Å². The fraction of sp³-hybridized carbons (Fsp3) is 0.632. The number of rotatable bonds is 5. The van der Waals surface area contributed by atoms with E-state index in [9.17, 15) is 9.59 Å². The third kappa shape index (κ3) is 4.90. The smallest absolute Gasteiger partial charge is 0.250 e. The largest absolute Gasteiger partial charge is 0.366 e. The predicted molar refractivity (Wildman–Crippen MR) is 106 cm³/mol. The van der Waals surface area contributed by atoms with Gasteiger partial charge in [-0.1, -0.05) is 18.5 Å². The van der Waals surface area contributed by atoms with E-state index < -0.39 is 5.91 Å². The van der Waals surface area contributed by atoms with Crippen LogP contribution in [-0.4, -0.2) is 72.4 Å². The average molecular weight is 394 g/mol. The molecule has 2 aliphatic heterocycles. The Morgan fingerprint density at radius 3 is 2.41 bits per heavy atom. The van der Waals surface area contributed by atoms with Crippen LogP contribution in [0.5, 0.6) is 0 Å². The van der Waals surface area contributed by atoms with E-state index in [1.165, 1.54) is 6.20 Å². The number of pyridine rings is 1. The highest BCUT2D eigenvalue weighted by molar-refractivity contribution is 6.33. The van der Waals surface area contributed by atoms with Gasteiger partial charge in [0.15, 0.2) is 0 Å². The van der Waals surface area contributed by atoms with Gasteiger partial charge in [-0.3, -0.25) is 9.59 Å². The Morgan fingerprint density at radius 1 is 1.19 bits per heavy atom. The van der Waals surface area contributed by atoms with Gasteiger partial charge in [-0.2, -0.15) is 0 Å². The van der Waals surface area contributed by atoms with Gasteiger partial charge < -0.3 is 20.4 Å². The minimum absolute atomic E-state index is 0.283. The molecule has 148 valence electrons. The van der Waals surface area contributed by atoms with Gasteiger partial charge in [0.05, 0.1) is 10.6 Å². The lowest BCUT2D eigenvalue weighted by molar-refractivity contribution is -0.134. The van der Waals surface area contributed by atoms with Crippen molar-refractivity contribution in [1.82, 2.24) is 14.8 Å². The number of anilines is 1. The van der Waals surface area contributed by atoms with Gasteiger partial charge in [0, 0.05) is 51.9 Å². The first-order valence-electron chi connectivity index (χ1n) is 9.68. The van der Waals surface area contributed by atoms with Crippen LogP contribution in [0.4, 0.5) is 5.82 Å². The van der Waals surface area contributed by atoms with Crippen molar-refractivity contribution in [3.05, 3.63) is 22.8 Å². The zero-order chi connectivity index (χ0) is 19.4. The maximum absolute atomic E-state index is 12.6. The normalized spacial score (nSPS) is 19.3. The second-order valence-corrected chi connectivity index (χ2v) is 7.75. The highest BCUT2D eigenvalue weighted by Crippen LogP contribution is 2.29. The number of hydrogen-bond donors (Lipinski definition) is 1. The van der Waals surface area contributed by atoms with E-state index in [2.05, 4.69) is 21.7 Å². The van der Waals surface area contributed by atoms with Crippen LogP contribution in [0.25, 0.3) is 0 Å². The molecule has 0 atom stereocenters. The lowest BCUT2D eigenvalue weighted by Crippen LogP contribution is -2.49. The van der Waals surface area contributed by atoms with Gasteiger partial charge in [0.1, 0.15) is 5.82 Å². The maximum atomic E-state index is 12.6. The number of halogens is 1. The van der Waals surface area contributed by atoms with Gasteiger partial charge in [-0.25, -0.2) is 4.98 Å². The molecular formula is C19H28ClN5O2. The third-order valence-corrected chi connectivity index (χ3v) is 5.93. The number of carbonyl (C=O) groups excluding carboxylic acids is 2. The molecule has 7 nitrogen and oxygen atoms in total. The van der Waals surface area contributed by atoms with E-state index in [1.54, 1.807) is 6.07 Å². The number of carbonyl (C=O) groups is 2. The molecular weight excluding hydrogens is 366 g/mol. The second kappa shape index (κ2) is 8.89. The van der Waals surface area contributed by atoms with E-state index >= 15 is 0 Å². The summed E-state index contributed by atoms with van der Waals surface area (Å²) in [6.45, 7) is 8.48. The molecule has 8 heteroatoms. The van der Waals surface area contributed by atoms with Gasteiger partial charge in [0.25, 0.3) is 0 Å². The number of amides is 2. The topological polar surface area (TPSA) is 82.8 Å². The Kier molecular flexibility index (Phi) is 6.55. The Balaban J connectivity index is 1.49. The first kappa shape index (κ1) is 19.9. The maximum Gasteiger partial charge on any atom is 0.250 e. The first-order chi connectivity index (χ1) is 13.0. The molecule has 0 bridgehead atoms. The molecule has 1 aromatic rings. The molecule has 0 aliphatic carbocycles. The summed E-state index contributed by atoms with van der Waals surface area (Å²) in [5, 5.41) is 0.439. The van der Waals surface area contributed by atoms with Crippen molar-refractivity contribution in [2.45, 2.75) is 26.2 Å². The van der Waals surface area contributed by atoms with E-state index in [-0.39, 0.29) is 5.91 Å². The number of piperazine rings is 1. The summed E-state index contributed by atoms with van der Waals surface area (Å²) in [5.41, 5.74) is 5.58. The summed E-state index contributed by atoms with van der Waals surface area (Å²) in [5.74, 6) is 0.836. The Labute approximate surface area is 165 Å². The van der Waals surface area contributed by atoms with Crippen molar-refractivity contribution in [3.63, 3.8) is 0 Å². The number of aromatic nitrogens is 1. The second-order valence-electron chi connectivity index (χ2n) is 7.34. The third-order valence-electron chi connectivity index (χ3n) is 5.66. The molecule has 2 aliphatic rings. The molecule has 0 spiro atoms. The molecule has 3 rings (SSSR count). The van der Waals surface area contributed by atoms with E-state index in [4.69, 9.17) is 17.3 Å². The number of hydrogen-bond acceptors (Lipinski definition) is 5. The van der Waals surface area contributed by atoms with Crippen LogP contribution in [0.3, 0.4) is 0 Å². The molecule has 0 radical (unpaired) electrons. The molecule has 1 aromatic heterocycles. The number of likely N-dealkylation sites (N-methyl/N-ethyl adjacent to an activating group) is 1. The van der Waals surface area contributed by atoms with Crippen molar-refractivity contribution in [2.24, 2.45) is 11.7 Å². The van der Waals surface area contributed by atoms with Gasteiger partial charge >= 0.3 is 0 Å². The number of nitrogens with zero attached hydrogens (tertiary/aromatic N) is 4. The Bertz CT molecular complexity index is 683. The summed E-state index contributed by atoms with van der Waals surface area (Å²) in [6.07, 6.45) is 3.98. The molecule has 2 N–H and O–H groups in total. The van der Waals surface area contributed by atoms with Crippen molar-refractivity contribution >= 4 is 29.2 Å². The molecule has 2 amide bonds. The summed E-state index contributed by atoms with van der Waals surface area (Å²) in [6, 6.07) is 1.57. The van der Waals surface area contributed by atoms with Crippen molar-refractivity contribution in [3.8, 4) is 0 Å². The summed E-state index contributed by atoms with van der Waals surface area (Å²) >= 11 is 6.28. The van der Waals surface area contributed by atoms with Crippen LogP contribution in [0.2, 0.25) is 5.02 Å². The number of primary amides is 1. The molecule has 27 heavy (non-hydrogen) atoms. The minimum atomic E-state index is -0.534. The SMILES string of the molecule is CCN1CCN(C(=O)CC2CCN(c3ncc(C(N)=O)cc3Cl)CC2)CC1. The van der Waals surface area contributed by atoms with E-state index in [1.807, 2.05) is 4.90 Å². The van der Waals surface area contributed by atoms with Crippen LogP contribution in [-0.2, 0) is 4.79 Å². The minimum Gasteiger partial charge on any atom is -0.366 e. The molecule has 2 fully saturated rings. The standard InChI is InChI=1S/C19H28ClN5O2/c1-2-23-7-9-24(10-8-23)17(26)11-14-3-5-25(6-4-14)19-16(20)12-15(13-22-19)18(21)27/h12-14H,2-11H2,1H3,(H2,21,27). The quantitative estimate of drug-likeness (QED) is 0.821. The van der Waals surface area contributed by atoms with E-state index in [0.29, 0.717) is 28.7 Å². The Hall–Kier alpha value is -1.86. The van der Waals surface area contributed by atoms with Crippen LogP contribution < -0.4 is 10.6 Å². The Morgan fingerprint density at radius 2 is 1.85 bits per heavy atom. The summed E-state index contributed by atoms with van der Waals surface area (Å²) in [4.78, 5) is 34.6. The molecule has 0 saturated carbocycles. The molecule has 3 heterocycles. The summed E-state index contributed by atoms with van der Waals surface area (Å²) < 4.78 is 0. The summed E-state index contributed by atoms with van der Waals surface area (Å²) in [7, 11) is 0. The van der Waals surface area contributed by atoms with Crippen molar-refractivity contribution < 1.29 is 9.59 Å². The first-order valence-corrected chi connectivity index (χ1v) is 10.1. The van der Waals surface area contributed by atoms with Gasteiger partial charge in [-0.15, -0.1) is 0 Å². The molecule has 0 unspecified atom stereocenters. The van der Waals surface area contributed by atoms with E-state index in [0.717, 1.165) is 58.7 Å². The lowest BCUT2D eigenvalue weighted by Gasteiger charge is -2.36. The fourth-order valence-electron chi connectivity index (χ4n) is 3.84. The number of nitrogens with two attached hydrogens (primary N) is 1. The van der Waals surface area contributed by atoms with Crippen LogP contribution in [0.1, 0.15) is 36.5 Å².